The maximum Gasteiger partial charge on any atom is 0.356 e. The molecule has 0 atom stereocenters. The zero-order valence-corrected chi connectivity index (χ0v) is 7.53. The molecule has 0 radical (unpaired) electrons. The zero-order valence-electron chi connectivity index (χ0n) is 7.53. The van der Waals surface area contributed by atoms with Crippen molar-refractivity contribution in [1.82, 2.24) is 10.2 Å². The predicted octanol–water partition coefficient (Wildman–Crippen LogP) is 0.421. The second-order valence-electron chi connectivity index (χ2n) is 3.57. The van der Waals surface area contributed by atoms with Crippen molar-refractivity contribution in [2.45, 2.75) is 25.9 Å². The number of carboxylic acids is 1. The first-order valence-corrected chi connectivity index (χ1v) is 3.88. The Kier molecular flexibility index (Phi) is 2.38. The van der Waals surface area contributed by atoms with Gasteiger partial charge in [-0.05, 0) is 19.9 Å². The Balaban J connectivity index is 2.75. The van der Waals surface area contributed by atoms with E-state index in [1.165, 1.54) is 6.07 Å². The molecule has 0 spiro atoms. The molecule has 5 heteroatoms. The van der Waals surface area contributed by atoms with Crippen LogP contribution in [0.2, 0.25) is 0 Å². The number of aromatic amines is 1. The number of aromatic carboxylic acids is 1. The molecule has 0 aromatic carbocycles. The second-order valence-corrected chi connectivity index (χ2v) is 3.57. The summed E-state index contributed by atoms with van der Waals surface area (Å²) in [5.74, 6) is -1.07. The summed E-state index contributed by atoms with van der Waals surface area (Å²) in [6, 6.07) is 1.42. The summed E-state index contributed by atoms with van der Waals surface area (Å²) < 4.78 is 0. The molecule has 0 fully saturated rings. The summed E-state index contributed by atoms with van der Waals surface area (Å²) in [5.41, 5.74) is -0.272. The molecule has 1 heterocycles. The first kappa shape index (κ1) is 9.73. The third-order valence-corrected chi connectivity index (χ3v) is 1.47. The van der Waals surface area contributed by atoms with E-state index in [9.17, 15) is 9.90 Å². The molecule has 1 aromatic heterocycles. The van der Waals surface area contributed by atoms with Gasteiger partial charge in [0.2, 0.25) is 0 Å². The Labute approximate surface area is 75.4 Å². The molecule has 0 saturated carbocycles. The van der Waals surface area contributed by atoms with Crippen molar-refractivity contribution >= 4 is 5.97 Å². The third kappa shape index (κ3) is 2.87. The van der Waals surface area contributed by atoms with E-state index in [-0.39, 0.29) is 5.69 Å². The van der Waals surface area contributed by atoms with Gasteiger partial charge in [0.1, 0.15) is 0 Å². The van der Waals surface area contributed by atoms with Gasteiger partial charge in [0, 0.05) is 12.1 Å². The number of rotatable bonds is 3. The lowest BCUT2D eigenvalue weighted by Gasteiger charge is -2.14. The fourth-order valence-corrected chi connectivity index (χ4v) is 1.03. The topological polar surface area (TPSA) is 86.2 Å². The number of aromatic nitrogens is 2. The first-order valence-electron chi connectivity index (χ1n) is 3.88. The van der Waals surface area contributed by atoms with E-state index in [1.807, 2.05) is 0 Å². The molecule has 3 N–H and O–H groups in total. The van der Waals surface area contributed by atoms with Crippen molar-refractivity contribution in [2.24, 2.45) is 0 Å². The largest absolute Gasteiger partial charge is 0.476 e. The van der Waals surface area contributed by atoms with Crippen molar-refractivity contribution < 1.29 is 15.0 Å². The maximum atomic E-state index is 10.4. The Morgan fingerprint density at radius 2 is 2.31 bits per heavy atom. The minimum atomic E-state index is -1.07. The average molecular weight is 184 g/mol. The number of hydrogen-bond acceptors (Lipinski definition) is 3. The third-order valence-electron chi connectivity index (χ3n) is 1.47. The Hall–Kier alpha value is -1.36. The van der Waals surface area contributed by atoms with Gasteiger partial charge in [-0.3, -0.25) is 5.10 Å². The van der Waals surface area contributed by atoms with Crippen LogP contribution < -0.4 is 0 Å². The molecule has 0 aliphatic heterocycles. The lowest BCUT2D eigenvalue weighted by atomic mass is 10.0. The highest BCUT2D eigenvalue weighted by molar-refractivity contribution is 5.85. The van der Waals surface area contributed by atoms with E-state index in [0.717, 1.165) is 0 Å². The quantitative estimate of drug-likeness (QED) is 0.635. The molecule has 13 heavy (non-hydrogen) atoms. The van der Waals surface area contributed by atoms with Crippen LogP contribution in [0.25, 0.3) is 0 Å². The second kappa shape index (κ2) is 3.18. The van der Waals surface area contributed by atoms with Gasteiger partial charge in [-0.1, -0.05) is 0 Å². The first-order chi connectivity index (χ1) is 5.88. The Bertz CT molecular complexity index is 311. The molecule has 0 unspecified atom stereocenters. The number of carboxylic acid groups (broad SMARTS) is 1. The molecule has 0 aliphatic carbocycles. The van der Waals surface area contributed by atoms with Crippen molar-refractivity contribution in [1.29, 1.82) is 0 Å². The van der Waals surface area contributed by atoms with Gasteiger partial charge in [-0.15, -0.1) is 0 Å². The Morgan fingerprint density at radius 1 is 1.69 bits per heavy atom. The minimum Gasteiger partial charge on any atom is -0.476 e. The molecule has 72 valence electrons. The molecule has 0 saturated heterocycles. The van der Waals surface area contributed by atoms with Gasteiger partial charge in [0.15, 0.2) is 5.69 Å². The molecule has 5 nitrogen and oxygen atoms in total. The van der Waals surface area contributed by atoms with Crippen molar-refractivity contribution in [3.05, 3.63) is 17.5 Å². The average Bonchev–Trinajstić information content (AvgIpc) is 2.31. The number of carbonyl (C=O) groups is 1. The lowest BCUT2D eigenvalue weighted by molar-refractivity contribution is 0.0689. The predicted molar refractivity (Wildman–Crippen MR) is 45.5 cm³/mol. The van der Waals surface area contributed by atoms with E-state index < -0.39 is 11.6 Å². The Morgan fingerprint density at radius 3 is 2.69 bits per heavy atom. The maximum absolute atomic E-state index is 10.4. The van der Waals surface area contributed by atoms with Crippen LogP contribution in [0.4, 0.5) is 0 Å². The summed E-state index contributed by atoms with van der Waals surface area (Å²) in [5, 5.41) is 24.1. The molecule has 1 aromatic rings. The summed E-state index contributed by atoms with van der Waals surface area (Å²) in [4.78, 5) is 10.4. The molecular weight excluding hydrogens is 172 g/mol. The van der Waals surface area contributed by atoms with Crippen LogP contribution in [0.15, 0.2) is 6.07 Å². The lowest BCUT2D eigenvalue weighted by Crippen LogP contribution is -2.21. The minimum absolute atomic E-state index is 0.0285. The number of hydrogen-bond donors (Lipinski definition) is 3. The van der Waals surface area contributed by atoms with Crippen LogP contribution in [0.3, 0.4) is 0 Å². The molecule has 0 aliphatic rings. The van der Waals surface area contributed by atoms with Crippen LogP contribution in [-0.4, -0.2) is 32.0 Å². The van der Waals surface area contributed by atoms with Gasteiger partial charge in [-0.2, -0.15) is 5.10 Å². The van der Waals surface area contributed by atoms with Gasteiger partial charge >= 0.3 is 5.97 Å². The van der Waals surface area contributed by atoms with E-state index in [0.29, 0.717) is 12.1 Å². The number of nitrogens with zero attached hydrogens (tertiary/aromatic N) is 1. The highest BCUT2D eigenvalue weighted by Gasteiger charge is 2.16. The highest BCUT2D eigenvalue weighted by Crippen LogP contribution is 2.10. The van der Waals surface area contributed by atoms with Crippen molar-refractivity contribution in [3.63, 3.8) is 0 Å². The van der Waals surface area contributed by atoms with Gasteiger partial charge in [0.25, 0.3) is 0 Å². The van der Waals surface area contributed by atoms with E-state index in [1.54, 1.807) is 13.8 Å². The number of H-pyrrole nitrogens is 1. The fraction of sp³-hybridized carbons (Fsp3) is 0.500. The number of nitrogens with one attached hydrogen (secondary N) is 1. The standard InChI is InChI=1S/C8H12N2O3/c1-8(2,13)4-5-3-6(7(11)12)10-9-5/h3,13H,4H2,1-2H3,(H,9,10)(H,11,12). The molecular formula is C8H12N2O3. The van der Waals surface area contributed by atoms with Gasteiger partial charge < -0.3 is 10.2 Å². The SMILES string of the molecule is CC(C)(O)Cc1cc(C(=O)O)n[nH]1. The van der Waals surface area contributed by atoms with Crippen molar-refractivity contribution in [3.8, 4) is 0 Å². The zero-order chi connectivity index (χ0) is 10.1. The fourth-order valence-electron chi connectivity index (χ4n) is 1.03. The normalized spacial score (nSPS) is 11.6. The molecule has 0 amide bonds. The summed E-state index contributed by atoms with van der Waals surface area (Å²) in [6.07, 6.45) is 0.354. The van der Waals surface area contributed by atoms with Crippen LogP contribution in [-0.2, 0) is 6.42 Å². The van der Waals surface area contributed by atoms with Crippen molar-refractivity contribution in [2.75, 3.05) is 0 Å². The monoisotopic (exact) mass is 184 g/mol. The van der Waals surface area contributed by atoms with Gasteiger partial charge in [0.05, 0.1) is 5.60 Å². The van der Waals surface area contributed by atoms with E-state index in [4.69, 9.17) is 5.11 Å². The van der Waals surface area contributed by atoms with Crippen LogP contribution in [0, 0.1) is 0 Å². The summed E-state index contributed by atoms with van der Waals surface area (Å²) in [6.45, 7) is 3.29. The number of aliphatic hydroxyl groups is 1. The van der Waals surface area contributed by atoms with E-state index >= 15 is 0 Å². The van der Waals surface area contributed by atoms with Crippen LogP contribution in [0.5, 0.6) is 0 Å². The smallest absolute Gasteiger partial charge is 0.356 e. The molecule has 1 rings (SSSR count). The van der Waals surface area contributed by atoms with E-state index in [2.05, 4.69) is 10.2 Å². The summed E-state index contributed by atoms with van der Waals surface area (Å²) >= 11 is 0. The van der Waals surface area contributed by atoms with Crippen LogP contribution in [0.1, 0.15) is 30.0 Å². The highest BCUT2D eigenvalue weighted by atomic mass is 16.4. The summed E-state index contributed by atoms with van der Waals surface area (Å²) in [7, 11) is 0. The van der Waals surface area contributed by atoms with Crippen LogP contribution >= 0.6 is 0 Å². The molecule has 0 bridgehead atoms. The van der Waals surface area contributed by atoms with Gasteiger partial charge in [-0.25, -0.2) is 4.79 Å².